The van der Waals surface area contributed by atoms with Crippen molar-refractivity contribution in [3.63, 3.8) is 0 Å². The van der Waals surface area contributed by atoms with Gasteiger partial charge in [-0.15, -0.1) is 0 Å². The molecule has 1 aliphatic heterocycles. The van der Waals surface area contributed by atoms with Crippen LogP contribution in [0.4, 0.5) is 0 Å². The fourth-order valence-electron chi connectivity index (χ4n) is 3.56. The molecule has 0 aliphatic carbocycles. The molecule has 0 bridgehead atoms. The van der Waals surface area contributed by atoms with Crippen LogP contribution < -0.4 is 10.9 Å². The lowest BCUT2D eigenvalue weighted by Crippen LogP contribution is -2.38. The van der Waals surface area contributed by atoms with Gasteiger partial charge in [-0.2, -0.15) is 10.2 Å². The number of hydrogen-bond donors (Lipinski definition) is 3. The molecule has 0 aromatic heterocycles. The van der Waals surface area contributed by atoms with Gasteiger partial charge in [0.2, 0.25) is 0 Å². The van der Waals surface area contributed by atoms with Gasteiger partial charge in [0.1, 0.15) is 17.0 Å². The summed E-state index contributed by atoms with van der Waals surface area (Å²) in [7, 11) is 0. The van der Waals surface area contributed by atoms with Gasteiger partial charge >= 0.3 is 0 Å². The maximum atomic E-state index is 12.7. The molecule has 0 fully saturated rings. The molecule has 0 unspecified atom stereocenters. The van der Waals surface area contributed by atoms with E-state index in [-0.39, 0.29) is 11.7 Å². The largest absolute Gasteiger partial charge is 0.507 e. The maximum Gasteiger partial charge on any atom is 0.287 e. The van der Waals surface area contributed by atoms with Crippen molar-refractivity contribution in [3.8, 4) is 5.75 Å². The first-order chi connectivity index (χ1) is 14.6. The molecule has 0 atom stereocenters. The molecule has 0 saturated carbocycles. The molecule has 3 N–H and O–H groups in total. The van der Waals surface area contributed by atoms with E-state index in [4.69, 9.17) is 0 Å². The summed E-state index contributed by atoms with van der Waals surface area (Å²) >= 11 is 0. The molecule has 30 heavy (non-hydrogen) atoms. The van der Waals surface area contributed by atoms with Crippen molar-refractivity contribution in [2.45, 2.75) is 18.9 Å². The highest BCUT2D eigenvalue weighted by molar-refractivity contribution is 6.39. The van der Waals surface area contributed by atoms with Crippen LogP contribution in [0.25, 0.3) is 0 Å². The highest BCUT2D eigenvalue weighted by Gasteiger charge is 2.41. The number of phenols is 1. The Morgan fingerprint density at radius 1 is 1.07 bits per heavy atom. The van der Waals surface area contributed by atoms with E-state index in [9.17, 15) is 9.90 Å². The molecular formula is C24H22N4O2. The van der Waals surface area contributed by atoms with Crippen LogP contribution >= 0.6 is 0 Å². The Morgan fingerprint density at radius 2 is 1.70 bits per heavy atom. The van der Waals surface area contributed by atoms with E-state index in [2.05, 4.69) is 21.1 Å². The zero-order valence-electron chi connectivity index (χ0n) is 16.5. The summed E-state index contributed by atoms with van der Waals surface area (Å²) in [5.41, 5.74) is 8.95. The monoisotopic (exact) mass is 398 g/mol. The first kappa shape index (κ1) is 19.4. The summed E-state index contributed by atoms with van der Waals surface area (Å²) in [4.78, 5) is 12.7. The second kappa shape index (κ2) is 8.21. The number of benzene rings is 3. The number of aryl methyl sites for hydroxylation is 1. The predicted molar refractivity (Wildman–Crippen MR) is 117 cm³/mol. The maximum absolute atomic E-state index is 12.7. The lowest BCUT2D eigenvalue weighted by atomic mass is 9.80. The molecule has 1 aliphatic rings. The lowest BCUT2D eigenvalue weighted by Gasteiger charge is -2.30. The zero-order chi connectivity index (χ0) is 21.0. The van der Waals surface area contributed by atoms with Gasteiger partial charge in [-0.1, -0.05) is 66.7 Å². The number of carbonyl (C=O) groups excluding carboxylic acids is 1. The third-order valence-electron chi connectivity index (χ3n) is 5.17. The smallest absolute Gasteiger partial charge is 0.287 e. The van der Waals surface area contributed by atoms with Crippen LogP contribution in [0, 0.1) is 6.92 Å². The fraction of sp³-hybridized carbons (Fsp3) is 0.125. The van der Waals surface area contributed by atoms with Crippen LogP contribution in [-0.2, 0) is 10.3 Å². The lowest BCUT2D eigenvalue weighted by molar-refractivity contribution is -0.114. The highest BCUT2D eigenvalue weighted by atomic mass is 16.3. The normalized spacial score (nSPS) is 14.9. The second-order valence-corrected chi connectivity index (χ2v) is 7.25. The van der Waals surface area contributed by atoms with Crippen LogP contribution in [-0.4, -0.2) is 22.9 Å². The van der Waals surface area contributed by atoms with Crippen molar-refractivity contribution in [3.05, 3.63) is 101 Å². The molecule has 150 valence electrons. The molecule has 1 amide bonds. The van der Waals surface area contributed by atoms with Crippen molar-refractivity contribution in [2.24, 2.45) is 10.2 Å². The Morgan fingerprint density at radius 3 is 2.30 bits per heavy atom. The fourth-order valence-corrected chi connectivity index (χ4v) is 3.56. The second-order valence-electron chi connectivity index (χ2n) is 7.25. The van der Waals surface area contributed by atoms with Crippen molar-refractivity contribution >= 4 is 17.8 Å². The van der Waals surface area contributed by atoms with Crippen LogP contribution in [0.5, 0.6) is 5.75 Å². The van der Waals surface area contributed by atoms with E-state index in [1.165, 1.54) is 6.21 Å². The van der Waals surface area contributed by atoms with Crippen LogP contribution in [0.3, 0.4) is 0 Å². The van der Waals surface area contributed by atoms with Gasteiger partial charge in [0.15, 0.2) is 0 Å². The Balaban J connectivity index is 1.52. The van der Waals surface area contributed by atoms with Gasteiger partial charge in [-0.3, -0.25) is 10.2 Å². The van der Waals surface area contributed by atoms with E-state index in [0.717, 1.165) is 16.7 Å². The number of rotatable bonds is 5. The molecule has 0 radical (unpaired) electrons. The molecule has 6 heteroatoms. The minimum atomic E-state index is -0.617. The van der Waals surface area contributed by atoms with Gasteiger partial charge < -0.3 is 5.11 Å². The molecule has 0 spiro atoms. The highest BCUT2D eigenvalue weighted by Crippen LogP contribution is 2.36. The topological polar surface area (TPSA) is 86.1 Å². The summed E-state index contributed by atoms with van der Waals surface area (Å²) in [5.74, 6) is -0.279. The Hall–Kier alpha value is -3.93. The SMILES string of the molecule is Cc1ccc(/C=N\NC(=O)C2=NNC(c3ccccc3)(c3ccccc3)C2)c(O)c1. The van der Waals surface area contributed by atoms with Gasteiger partial charge in [0.25, 0.3) is 5.91 Å². The number of phenolic OH excluding ortho intramolecular Hbond substituents is 1. The third-order valence-corrected chi connectivity index (χ3v) is 5.17. The molecule has 3 aromatic carbocycles. The summed E-state index contributed by atoms with van der Waals surface area (Å²) < 4.78 is 0. The molecule has 1 heterocycles. The third kappa shape index (κ3) is 3.80. The molecule has 4 rings (SSSR count). The Labute approximate surface area is 175 Å². The molecular weight excluding hydrogens is 376 g/mol. The van der Waals surface area contributed by atoms with E-state index < -0.39 is 5.54 Å². The van der Waals surface area contributed by atoms with Crippen molar-refractivity contribution in [1.82, 2.24) is 10.9 Å². The van der Waals surface area contributed by atoms with Gasteiger partial charge in [0.05, 0.1) is 6.21 Å². The van der Waals surface area contributed by atoms with Crippen molar-refractivity contribution in [1.29, 1.82) is 0 Å². The summed E-state index contributed by atoms with van der Waals surface area (Å²) in [6.45, 7) is 1.89. The van der Waals surface area contributed by atoms with E-state index in [1.807, 2.05) is 73.7 Å². The van der Waals surface area contributed by atoms with Crippen molar-refractivity contribution < 1.29 is 9.90 Å². The first-order valence-electron chi connectivity index (χ1n) is 9.66. The Kier molecular flexibility index (Phi) is 5.30. The molecule has 3 aromatic rings. The average Bonchev–Trinajstić information content (AvgIpc) is 3.23. The number of carbonyl (C=O) groups is 1. The van der Waals surface area contributed by atoms with Crippen LogP contribution in [0.1, 0.15) is 28.7 Å². The number of amides is 1. The Bertz CT molecular complexity index is 1070. The standard InChI is InChI=1S/C24H22N4O2/c1-17-12-13-18(22(29)14-17)16-25-27-23(30)21-15-24(28-26-21,19-8-4-2-5-9-19)20-10-6-3-7-11-20/h2-14,16,28-29H,15H2,1H3,(H,27,30)/b25-16-. The number of hydrogen-bond acceptors (Lipinski definition) is 5. The van der Waals surface area contributed by atoms with Gasteiger partial charge in [-0.05, 0) is 35.7 Å². The molecule has 6 nitrogen and oxygen atoms in total. The quantitative estimate of drug-likeness (QED) is 0.455. The summed E-state index contributed by atoms with van der Waals surface area (Å²) in [6, 6.07) is 25.1. The number of aromatic hydroxyl groups is 1. The first-order valence-corrected chi connectivity index (χ1v) is 9.66. The molecule has 0 saturated heterocycles. The van der Waals surface area contributed by atoms with E-state index in [0.29, 0.717) is 17.7 Å². The number of hydrazone groups is 2. The van der Waals surface area contributed by atoms with Crippen LogP contribution in [0.2, 0.25) is 0 Å². The number of nitrogens with zero attached hydrogens (tertiary/aromatic N) is 2. The van der Waals surface area contributed by atoms with E-state index >= 15 is 0 Å². The van der Waals surface area contributed by atoms with Crippen molar-refractivity contribution in [2.75, 3.05) is 0 Å². The number of nitrogens with one attached hydrogen (secondary N) is 2. The van der Waals surface area contributed by atoms with Crippen LogP contribution in [0.15, 0.2) is 89.1 Å². The van der Waals surface area contributed by atoms with Gasteiger partial charge in [0, 0.05) is 12.0 Å². The average molecular weight is 398 g/mol. The summed E-state index contributed by atoms with van der Waals surface area (Å²) in [6.07, 6.45) is 1.80. The summed E-state index contributed by atoms with van der Waals surface area (Å²) in [5, 5.41) is 18.3. The predicted octanol–water partition coefficient (Wildman–Crippen LogP) is 3.44. The van der Waals surface area contributed by atoms with Gasteiger partial charge in [-0.25, -0.2) is 5.43 Å². The van der Waals surface area contributed by atoms with E-state index in [1.54, 1.807) is 12.1 Å². The zero-order valence-corrected chi connectivity index (χ0v) is 16.5. The minimum absolute atomic E-state index is 0.111. The minimum Gasteiger partial charge on any atom is -0.507 e.